The molecular formula is C20H25N3O4. The second kappa shape index (κ2) is 8.79. The molecule has 1 aromatic carbocycles. The van der Waals surface area contributed by atoms with Gasteiger partial charge in [0.1, 0.15) is 6.54 Å². The van der Waals surface area contributed by atoms with Crippen molar-refractivity contribution in [2.45, 2.75) is 32.6 Å². The van der Waals surface area contributed by atoms with Crippen molar-refractivity contribution in [3.63, 3.8) is 0 Å². The van der Waals surface area contributed by atoms with Crippen LogP contribution < -0.4 is 0 Å². The molecule has 7 heteroatoms. The van der Waals surface area contributed by atoms with E-state index < -0.39 is 0 Å². The lowest BCUT2D eigenvalue weighted by atomic mass is 9.98. The quantitative estimate of drug-likeness (QED) is 0.740. The third kappa shape index (κ3) is 4.72. The molecule has 0 aliphatic carbocycles. The fraction of sp³-hybridized carbons (Fsp3) is 0.500. The summed E-state index contributed by atoms with van der Waals surface area (Å²) in [7, 11) is 0. The van der Waals surface area contributed by atoms with Crippen LogP contribution in [0.2, 0.25) is 0 Å². The van der Waals surface area contributed by atoms with Crippen molar-refractivity contribution in [2.24, 2.45) is 11.0 Å². The third-order valence-electron chi connectivity index (χ3n) is 4.89. The first-order valence-corrected chi connectivity index (χ1v) is 9.46. The highest BCUT2D eigenvalue weighted by Gasteiger charge is 2.31. The summed E-state index contributed by atoms with van der Waals surface area (Å²) in [6.45, 7) is 2.95. The van der Waals surface area contributed by atoms with E-state index in [0.717, 1.165) is 24.1 Å². The normalized spacial score (nSPS) is 20.3. The van der Waals surface area contributed by atoms with E-state index in [9.17, 15) is 14.4 Å². The zero-order valence-corrected chi connectivity index (χ0v) is 15.6. The molecule has 2 amide bonds. The fourth-order valence-corrected chi connectivity index (χ4v) is 3.45. The molecule has 27 heavy (non-hydrogen) atoms. The van der Waals surface area contributed by atoms with Crippen LogP contribution in [0.1, 0.15) is 38.2 Å². The van der Waals surface area contributed by atoms with Crippen LogP contribution in [0, 0.1) is 5.92 Å². The van der Waals surface area contributed by atoms with E-state index in [0.29, 0.717) is 32.5 Å². The Balaban J connectivity index is 1.65. The number of hydrazone groups is 1. The Morgan fingerprint density at radius 3 is 2.74 bits per heavy atom. The first kappa shape index (κ1) is 19.1. The second-order valence-corrected chi connectivity index (χ2v) is 6.80. The Bertz CT molecular complexity index is 732. The summed E-state index contributed by atoms with van der Waals surface area (Å²) in [5, 5.41) is 5.68. The Hall–Kier alpha value is -2.70. The van der Waals surface area contributed by atoms with E-state index in [4.69, 9.17) is 4.74 Å². The number of hydrogen-bond acceptors (Lipinski definition) is 5. The van der Waals surface area contributed by atoms with Gasteiger partial charge in [-0.2, -0.15) is 5.10 Å². The summed E-state index contributed by atoms with van der Waals surface area (Å²) in [5.41, 5.74) is 1.77. The lowest BCUT2D eigenvalue weighted by Gasteiger charge is -2.33. The van der Waals surface area contributed by atoms with Crippen LogP contribution in [-0.2, 0) is 19.1 Å². The maximum atomic E-state index is 12.7. The molecule has 1 fully saturated rings. The molecule has 0 bridgehead atoms. The zero-order chi connectivity index (χ0) is 19.2. The van der Waals surface area contributed by atoms with Gasteiger partial charge in [0, 0.05) is 25.9 Å². The van der Waals surface area contributed by atoms with E-state index in [1.165, 1.54) is 5.01 Å². The molecule has 0 saturated carbocycles. The number of benzene rings is 1. The summed E-state index contributed by atoms with van der Waals surface area (Å²) >= 11 is 0. The molecular weight excluding hydrogens is 346 g/mol. The monoisotopic (exact) mass is 371 g/mol. The van der Waals surface area contributed by atoms with Gasteiger partial charge in [-0.15, -0.1) is 0 Å². The lowest BCUT2D eigenvalue weighted by Crippen LogP contribution is -2.47. The highest BCUT2D eigenvalue weighted by molar-refractivity contribution is 6.04. The summed E-state index contributed by atoms with van der Waals surface area (Å²) < 4.78 is 5.08. The number of esters is 1. The molecule has 0 spiro atoms. The molecule has 1 saturated heterocycles. The molecule has 7 nitrogen and oxygen atoms in total. The van der Waals surface area contributed by atoms with Gasteiger partial charge in [-0.1, -0.05) is 30.3 Å². The molecule has 2 aliphatic rings. The molecule has 0 unspecified atom stereocenters. The van der Waals surface area contributed by atoms with Crippen molar-refractivity contribution in [3.05, 3.63) is 35.9 Å². The molecule has 2 heterocycles. The minimum absolute atomic E-state index is 0.0925. The molecule has 0 radical (unpaired) electrons. The largest absolute Gasteiger partial charge is 0.466 e. The standard InChI is InChI=1S/C20H25N3O4/c1-2-27-20(26)16-9-6-12-22(13-16)19(25)14-23-18(24)11-10-17(21-23)15-7-4-3-5-8-15/h3-5,7-8,16H,2,6,9-14H2,1H3/t16-/m1/s1. The van der Waals surface area contributed by atoms with Crippen molar-refractivity contribution in [1.82, 2.24) is 9.91 Å². The number of piperidine rings is 1. The topological polar surface area (TPSA) is 79.3 Å². The Morgan fingerprint density at radius 2 is 2.00 bits per heavy atom. The summed E-state index contributed by atoms with van der Waals surface area (Å²) in [4.78, 5) is 38.5. The van der Waals surface area contributed by atoms with E-state index in [1.54, 1.807) is 11.8 Å². The third-order valence-corrected chi connectivity index (χ3v) is 4.89. The van der Waals surface area contributed by atoms with Crippen LogP contribution in [0.3, 0.4) is 0 Å². The highest BCUT2D eigenvalue weighted by atomic mass is 16.5. The van der Waals surface area contributed by atoms with Crippen LogP contribution >= 0.6 is 0 Å². The fourth-order valence-electron chi connectivity index (χ4n) is 3.45. The average molecular weight is 371 g/mol. The Labute approximate surface area is 159 Å². The van der Waals surface area contributed by atoms with E-state index in [2.05, 4.69) is 5.10 Å². The van der Waals surface area contributed by atoms with Gasteiger partial charge in [0.25, 0.3) is 0 Å². The number of ether oxygens (including phenoxy) is 1. The highest BCUT2D eigenvalue weighted by Crippen LogP contribution is 2.20. The Kier molecular flexibility index (Phi) is 6.21. The number of carbonyl (C=O) groups is 3. The number of rotatable bonds is 5. The van der Waals surface area contributed by atoms with E-state index in [1.807, 2.05) is 30.3 Å². The number of likely N-dealkylation sites (tertiary alicyclic amines) is 1. The van der Waals surface area contributed by atoms with Gasteiger partial charge < -0.3 is 9.64 Å². The maximum Gasteiger partial charge on any atom is 0.310 e. The van der Waals surface area contributed by atoms with Crippen LogP contribution in [0.15, 0.2) is 35.4 Å². The minimum atomic E-state index is -0.289. The van der Waals surface area contributed by atoms with E-state index in [-0.39, 0.29) is 30.2 Å². The Morgan fingerprint density at radius 1 is 1.22 bits per heavy atom. The van der Waals surface area contributed by atoms with Gasteiger partial charge >= 0.3 is 5.97 Å². The van der Waals surface area contributed by atoms with Crippen LogP contribution in [0.5, 0.6) is 0 Å². The van der Waals surface area contributed by atoms with Crippen molar-refractivity contribution >= 4 is 23.5 Å². The van der Waals surface area contributed by atoms with Gasteiger partial charge in [-0.3, -0.25) is 14.4 Å². The number of nitrogens with zero attached hydrogens (tertiary/aromatic N) is 3. The molecule has 3 rings (SSSR count). The first-order valence-electron chi connectivity index (χ1n) is 9.46. The van der Waals surface area contributed by atoms with Gasteiger partial charge in [0.2, 0.25) is 11.8 Å². The SMILES string of the molecule is CCOC(=O)[C@@H]1CCCN(C(=O)CN2N=C(c3ccccc3)CCC2=O)C1. The number of carbonyl (C=O) groups excluding carboxylic acids is 3. The first-order chi connectivity index (χ1) is 13.1. The van der Waals surface area contributed by atoms with Crippen LogP contribution in [0.25, 0.3) is 0 Å². The van der Waals surface area contributed by atoms with Gasteiger partial charge in [-0.05, 0) is 25.3 Å². The summed E-state index contributed by atoms with van der Waals surface area (Å²) in [6, 6.07) is 9.67. The zero-order valence-electron chi connectivity index (χ0n) is 15.6. The molecule has 0 N–H and O–H groups in total. The van der Waals surface area contributed by atoms with Crippen molar-refractivity contribution in [2.75, 3.05) is 26.2 Å². The van der Waals surface area contributed by atoms with Crippen molar-refractivity contribution in [1.29, 1.82) is 0 Å². The second-order valence-electron chi connectivity index (χ2n) is 6.80. The molecule has 2 aliphatic heterocycles. The predicted octanol–water partition coefficient (Wildman–Crippen LogP) is 1.81. The van der Waals surface area contributed by atoms with Crippen molar-refractivity contribution < 1.29 is 19.1 Å². The predicted molar refractivity (Wildman–Crippen MR) is 99.9 cm³/mol. The van der Waals surface area contributed by atoms with Crippen LogP contribution in [-0.4, -0.2) is 59.6 Å². The van der Waals surface area contributed by atoms with Gasteiger partial charge in [-0.25, -0.2) is 5.01 Å². The smallest absolute Gasteiger partial charge is 0.310 e. The van der Waals surface area contributed by atoms with E-state index >= 15 is 0 Å². The summed E-state index contributed by atoms with van der Waals surface area (Å²) in [6.07, 6.45) is 2.39. The minimum Gasteiger partial charge on any atom is -0.466 e. The molecule has 1 atom stereocenters. The molecule has 144 valence electrons. The number of hydrogen-bond donors (Lipinski definition) is 0. The average Bonchev–Trinajstić information content (AvgIpc) is 2.70. The van der Waals surface area contributed by atoms with Gasteiger partial charge in [0.05, 0.1) is 18.2 Å². The molecule has 1 aromatic rings. The van der Waals surface area contributed by atoms with Crippen molar-refractivity contribution in [3.8, 4) is 0 Å². The lowest BCUT2D eigenvalue weighted by molar-refractivity contribution is -0.152. The summed E-state index contributed by atoms with van der Waals surface area (Å²) in [5.74, 6) is -0.881. The van der Waals surface area contributed by atoms with Crippen LogP contribution in [0.4, 0.5) is 0 Å². The number of amides is 2. The maximum absolute atomic E-state index is 12.7. The molecule has 0 aromatic heterocycles. The van der Waals surface area contributed by atoms with Gasteiger partial charge in [0.15, 0.2) is 0 Å².